The molecular formula is C13H21NO2S. The molecule has 2 heterocycles. The van der Waals surface area contributed by atoms with E-state index >= 15 is 0 Å². The van der Waals surface area contributed by atoms with Gasteiger partial charge in [0.1, 0.15) is 6.10 Å². The average Bonchev–Trinajstić information content (AvgIpc) is 2.78. The van der Waals surface area contributed by atoms with Gasteiger partial charge in [-0.25, -0.2) is 0 Å². The maximum atomic E-state index is 9.99. The first-order valence-electron chi connectivity index (χ1n) is 6.25. The van der Waals surface area contributed by atoms with Crippen LogP contribution >= 0.6 is 11.3 Å². The topological polar surface area (TPSA) is 41.5 Å². The lowest BCUT2D eigenvalue weighted by atomic mass is 10.00. The van der Waals surface area contributed by atoms with Crippen molar-refractivity contribution in [2.24, 2.45) is 0 Å². The highest BCUT2D eigenvalue weighted by molar-refractivity contribution is 7.10. The minimum absolute atomic E-state index is 0.315. The van der Waals surface area contributed by atoms with E-state index in [9.17, 15) is 5.11 Å². The molecule has 1 fully saturated rings. The third kappa shape index (κ3) is 3.78. The van der Waals surface area contributed by atoms with Gasteiger partial charge in [-0.2, -0.15) is 0 Å². The first-order chi connectivity index (χ1) is 8.15. The Morgan fingerprint density at radius 1 is 1.47 bits per heavy atom. The fraction of sp³-hybridized carbons (Fsp3) is 0.692. The van der Waals surface area contributed by atoms with Crippen LogP contribution < -0.4 is 5.32 Å². The predicted octanol–water partition coefficient (Wildman–Crippen LogP) is 2.33. The Hall–Kier alpha value is -0.420. The Bertz CT molecular complexity index is 318. The number of rotatable bonds is 4. The van der Waals surface area contributed by atoms with Crippen LogP contribution in [0.4, 0.5) is 0 Å². The van der Waals surface area contributed by atoms with Crippen molar-refractivity contribution >= 4 is 11.3 Å². The molecule has 2 rings (SSSR count). The third-order valence-corrected chi connectivity index (χ3v) is 4.14. The van der Waals surface area contributed by atoms with Crippen molar-refractivity contribution in [3.05, 3.63) is 22.4 Å². The van der Waals surface area contributed by atoms with E-state index in [0.29, 0.717) is 24.8 Å². The summed E-state index contributed by atoms with van der Waals surface area (Å²) < 4.78 is 5.69. The van der Waals surface area contributed by atoms with Gasteiger partial charge in [-0.3, -0.25) is 0 Å². The molecule has 0 radical (unpaired) electrons. The van der Waals surface area contributed by atoms with Crippen LogP contribution in [0.3, 0.4) is 0 Å². The molecule has 0 saturated carbocycles. The second-order valence-corrected chi connectivity index (χ2v) is 5.84. The van der Waals surface area contributed by atoms with Gasteiger partial charge in [-0.05, 0) is 38.1 Å². The standard InChI is InChI=1S/C13H21NO2S/c1-9-6-11(7-10(2)16-9)14-8-12(15)13-4-3-5-17-13/h3-5,9-12,14-15H,6-8H2,1-2H3. The number of thiophene rings is 1. The van der Waals surface area contributed by atoms with Gasteiger partial charge in [0, 0.05) is 17.5 Å². The van der Waals surface area contributed by atoms with Gasteiger partial charge in [0.05, 0.1) is 12.2 Å². The highest BCUT2D eigenvalue weighted by Crippen LogP contribution is 2.21. The fourth-order valence-corrected chi connectivity index (χ4v) is 3.14. The molecule has 3 unspecified atom stereocenters. The van der Waals surface area contributed by atoms with Crippen LogP contribution in [-0.4, -0.2) is 29.9 Å². The first-order valence-corrected chi connectivity index (χ1v) is 7.13. The van der Waals surface area contributed by atoms with E-state index in [4.69, 9.17) is 4.74 Å². The highest BCUT2D eigenvalue weighted by atomic mass is 32.1. The molecule has 4 heteroatoms. The van der Waals surface area contributed by atoms with Crippen LogP contribution in [0, 0.1) is 0 Å². The summed E-state index contributed by atoms with van der Waals surface area (Å²) in [5.41, 5.74) is 0. The third-order valence-electron chi connectivity index (χ3n) is 3.17. The number of aliphatic hydroxyl groups excluding tert-OH is 1. The van der Waals surface area contributed by atoms with Crippen molar-refractivity contribution in [1.29, 1.82) is 0 Å². The average molecular weight is 255 g/mol. The van der Waals surface area contributed by atoms with Crippen LogP contribution in [0.15, 0.2) is 17.5 Å². The van der Waals surface area contributed by atoms with Crippen molar-refractivity contribution in [3.63, 3.8) is 0 Å². The fourth-order valence-electron chi connectivity index (χ4n) is 2.43. The SMILES string of the molecule is CC1CC(NCC(O)c2cccs2)CC(C)O1. The van der Waals surface area contributed by atoms with E-state index in [0.717, 1.165) is 17.7 Å². The number of hydrogen-bond acceptors (Lipinski definition) is 4. The van der Waals surface area contributed by atoms with Gasteiger partial charge in [0.15, 0.2) is 0 Å². The summed E-state index contributed by atoms with van der Waals surface area (Å²) in [6.07, 6.45) is 2.30. The maximum Gasteiger partial charge on any atom is 0.101 e. The van der Waals surface area contributed by atoms with Gasteiger partial charge < -0.3 is 15.2 Å². The lowest BCUT2D eigenvalue weighted by molar-refractivity contribution is -0.0433. The minimum atomic E-state index is -0.386. The van der Waals surface area contributed by atoms with Gasteiger partial charge in [-0.15, -0.1) is 11.3 Å². The summed E-state index contributed by atoms with van der Waals surface area (Å²) in [5.74, 6) is 0. The number of hydrogen-bond donors (Lipinski definition) is 2. The Morgan fingerprint density at radius 2 is 2.18 bits per heavy atom. The molecule has 3 nitrogen and oxygen atoms in total. The van der Waals surface area contributed by atoms with Gasteiger partial charge in [0.2, 0.25) is 0 Å². The van der Waals surface area contributed by atoms with E-state index in [2.05, 4.69) is 19.2 Å². The van der Waals surface area contributed by atoms with Crippen molar-refractivity contribution in [2.75, 3.05) is 6.54 Å². The smallest absolute Gasteiger partial charge is 0.101 e. The zero-order valence-electron chi connectivity index (χ0n) is 10.4. The minimum Gasteiger partial charge on any atom is -0.386 e. The maximum absolute atomic E-state index is 9.99. The lowest BCUT2D eigenvalue weighted by Crippen LogP contribution is -2.42. The van der Waals surface area contributed by atoms with Crippen LogP contribution in [-0.2, 0) is 4.74 Å². The molecule has 17 heavy (non-hydrogen) atoms. The Kier molecular flexibility index (Phi) is 4.56. The molecule has 0 spiro atoms. The normalized spacial score (nSPS) is 31.4. The molecule has 1 aliphatic heterocycles. The van der Waals surface area contributed by atoms with Gasteiger partial charge in [-0.1, -0.05) is 6.07 Å². The molecule has 0 amide bonds. The second kappa shape index (κ2) is 5.96. The number of aliphatic hydroxyl groups is 1. The molecule has 2 N–H and O–H groups in total. The van der Waals surface area contributed by atoms with Gasteiger partial charge >= 0.3 is 0 Å². The predicted molar refractivity (Wildman–Crippen MR) is 70.3 cm³/mol. The summed E-state index contributed by atoms with van der Waals surface area (Å²) in [4.78, 5) is 1.03. The zero-order valence-corrected chi connectivity index (χ0v) is 11.2. The van der Waals surface area contributed by atoms with E-state index in [-0.39, 0.29) is 6.10 Å². The summed E-state index contributed by atoms with van der Waals surface area (Å²) in [5, 5.41) is 15.4. The Morgan fingerprint density at radius 3 is 2.76 bits per heavy atom. The molecular weight excluding hydrogens is 234 g/mol. The summed E-state index contributed by atoms with van der Waals surface area (Å²) in [6, 6.07) is 4.41. The summed E-state index contributed by atoms with van der Waals surface area (Å²) in [6.45, 7) is 4.85. The molecule has 0 aromatic carbocycles. The summed E-state index contributed by atoms with van der Waals surface area (Å²) >= 11 is 1.60. The van der Waals surface area contributed by atoms with Crippen molar-refractivity contribution < 1.29 is 9.84 Å². The second-order valence-electron chi connectivity index (χ2n) is 4.87. The van der Waals surface area contributed by atoms with Crippen molar-refractivity contribution in [3.8, 4) is 0 Å². The first kappa shape index (κ1) is 13.0. The van der Waals surface area contributed by atoms with E-state index in [1.54, 1.807) is 11.3 Å². The number of nitrogens with one attached hydrogen (secondary N) is 1. The van der Waals surface area contributed by atoms with Crippen LogP contribution in [0.1, 0.15) is 37.7 Å². The molecule has 0 aliphatic carbocycles. The monoisotopic (exact) mass is 255 g/mol. The quantitative estimate of drug-likeness (QED) is 0.867. The van der Waals surface area contributed by atoms with Crippen LogP contribution in [0.5, 0.6) is 0 Å². The van der Waals surface area contributed by atoms with Crippen LogP contribution in [0.25, 0.3) is 0 Å². The van der Waals surface area contributed by atoms with Gasteiger partial charge in [0.25, 0.3) is 0 Å². The van der Waals surface area contributed by atoms with E-state index < -0.39 is 0 Å². The molecule has 1 aromatic rings. The zero-order chi connectivity index (χ0) is 12.3. The highest BCUT2D eigenvalue weighted by Gasteiger charge is 2.24. The lowest BCUT2D eigenvalue weighted by Gasteiger charge is -2.33. The Balaban J connectivity index is 1.78. The van der Waals surface area contributed by atoms with Crippen molar-refractivity contribution in [2.45, 2.75) is 51.0 Å². The molecule has 96 valence electrons. The molecule has 1 aliphatic rings. The largest absolute Gasteiger partial charge is 0.386 e. The van der Waals surface area contributed by atoms with E-state index in [1.807, 2.05) is 17.5 Å². The summed E-state index contributed by atoms with van der Waals surface area (Å²) in [7, 11) is 0. The van der Waals surface area contributed by atoms with Crippen molar-refractivity contribution in [1.82, 2.24) is 5.32 Å². The molecule has 1 aromatic heterocycles. The van der Waals surface area contributed by atoms with Crippen LogP contribution in [0.2, 0.25) is 0 Å². The Labute approximate surface area is 107 Å². The number of ether oxygens (including phenoxy) is 1. The molecule has 0 bridgehead atoms. The molecule has 1 saturated heterocycles. The van der Waals surface area contributed by atoms with E-state index in [1.165, 1.54) is 0 Å². The molecule has 3 atom stereocenters.